The van der Waals surface area contributed by atoms with Crippen molar-refractivity contribution in [2.24, 2.45) is 17.8 Å². The van der Waals surface area contributed by atoms with Crippen molar-refractivity contribution >= 4 is 29.5 Å². The quantitative estimate of drug-likeness (QED) is 0.314. The van der Waals surface area contributed by atoms with E-state index >= 15 is 0 Å². The molecule has 3 atom stereocenters. The lowest BCUT2D eigenvalue weighted by molar-refractivity contribution is -0.152. The van der Waals surface area contributed by atoms with Crippen molar-refractivity contribution in [3.63, 3.8) is 0 Å². The molecule has 1 aromatic heterocycles. The Bertz CT molecular complexity index is 1220. The Balaban J connectivity index is 1.53. The molecule has 196 valence electrons. The minimum atomic E-state index is -0.619. The molecule has 0 radical (unpaired) electrons. The third-order valence-electron chi connectivity index (χ3n) is 7.48. The summed E-state index contributed by atoms with van der Waals surface area (Å²) in [6, 6.07) is 6.19. The normalized spacial score (nSPS) is 20.8. The van der Waals surface area contributed by atoms with Crippen LogP contribution in [0.2, 0.25) is 0 Å². The fraction of sp³-hybridized carbons (Fsp3) is 0.464. The van der Waals surface area contributed by atoms with Crippen LogP contribution in [-0.2, 0) is 23.8 Å². The molecule has 0 spiro atoms. The lowest BCUT2D eigenvalue weighted by Crippen LogP contribution is -2.39. The van der Waals surface area contributed by atoms with Gasteiger partial charge in [0.25, 0.3) is 0 Å². The molecule has 1 unspecified atom stereocenters. The van der Waals surface area contributed by atoms with Gasteiger partial charge in [0, 0.05) is 34.5 Å². The lowest BCUT2D eigenvalue weighted by Gasteiger charge is -2.36. The van der Waals surface area contributed by atoms with Gasteiger partial charge < -0.3 is 18.8 Å². The Morgan fingerprint density at radius 3 is 2.00 bits per heavy atom. The van der Waals surface area contributed by atoms with E-state index in [1.54, 1.807) is 36.6 Å². The van der Waals surface area contributed by atoms with Crippen LogP contribution in [0, 0.1) is 31.6 Å². The molecule has 1 aromatic carbocycles. The first kappa shape index (κ1) is 26.3. The molecule has 2 saturated carbocycles. The summed E-state index contributed by atoms with van der Waals surface area (Å²) in [4.78, 5) is 62.5. The number of hydrogen-bond acceptors (Lipinski definition) is 8. The molecular formula is C28H31NO8. The van der Waals surface area contributed by atoms with Crippen molar-refractivity contribution < 1.29 is 38.2 Å². The number of rotatable bonds is 7. The fourth-order valence-electron chi connectivity index (χ4n) is 5.66. The lowest BCUT2D eigenvalue weighted by atomic mass is 9.67. The van der Waals surface area contributed by atoms with E-state index in [1.165, 1.54) is 20.3 Å². The summed E-state index contributed by atoms with van der Waals surface area (Å²) < 4.78 is 16.8. The third-order valence-corrected chi connectivity index (χ3v) is 7.48. The predicted molar refractivity (Wildman–Crippen MR) is 132 cm³/mol. The first-order chi connectivity index (χ1) is 17.6. The van der Waals surface area contributed by atoms with Crippen molar-refractivity contribution in [2.75, 3.05) is 20.8 Å². The number of carbonyl (C=O) groups is 5. The van der Waals surface area contributed by atoms with E-state index < -0.39 is 24.5 Å². The Morgan fingerprint density at radius 1 is 0.892 bits per heavy atom. The summed E-state index contributed by atoms with van der Waals surface area (Å²) in [6.07, 6.45) is 3.64. The summed E-state index contributed by atoms with van der Waals surface area (Å²) in [5.74, 6) is -2.27. The number of nitrogens with zero attached hydrogens (tertiary/aromatic N) is 1. The van der Waals surface area contributed by atoms with Crippen LogP contribution in [0.15, 0.2) is 24.3 Å². The van der Waals surface area contributed by atoms with Gasteiger partial charge in [-0.05, 0) is 63.8 Å². The van der Waals surface area contributed by atoms with Crippen LogP contribution in [-0.4, -0.2) is 54.9 Å². The molecule has 0 aliphatic heterocycles. The molecule has 4 rings (SSSR count). The van der Waals surface area contributed by atoms with Gasteiger partial charge in [0.05, 0.1) is 31.3 Å². The highest BCUT2D eigenvalue weighted by molar-refractivity contribution is 6.00. The minimum absolute atomic E-state index is 0.0738. The van der Waals surface area contributed by atoms with Crippen LogP contribution in [0.3, 0.4) is 0 Å². The maximum atomic E-state index is 13.0. The number of hydrogen-bond donors (Lipinski definition) is 0. The molecule has 2 aromatic rings. The predicted octanol–water partition coefficient (Wildman–Crippen LogP) is 3.79. The summed E-state index contributed by atoms with van der Waals surface area (Å²) in [5.41, 5.74) is 2.41. The van der Waals surface area contributed by atoms with E-state index in [4.69, 9.17) is 14.2 Å². The average Bonchev–Trinajstić information content (AvgIpc) is 3.19. The maximum Gasteiger partial charge on any atom is 0.337 e. The molecule has 37 heavy (non-hydrogen) atoms. The minimum Gasteiger partial charge on any atom is -0.465 e. The number of ketones is 2. The molecule has 0 saturated heterocycles. The molecule has 0 amide bonds. The van der Waals surface area contributed by atoms with Crippen molar-refractivity contribution in [3.8, 4) is 5.69 Å². The zero-order valence-corrected chi connectivity index (χ0v) is 21.5. The van der Waals surface area contributed by atoms with Crippen molar-refractivity contribution in [1.29, 1.82) is 0 Å². The zero-order chi connectivity index (χ0) is 26.9. The van der Waals surface area contributed by atoms with Gasteiger partial charge in [0.15, 0.2) is 6.61 Å². The summed E-state index contributed by atoms with van der Waals surface area (Å²) >= 11 is 0. The highest BCUT2D eigenvalue weighted by atomic mass is 16.5. The second-order valence-electron chi connectivity index (χ2n) is 9.80. The summed E-state index contributed by atoms with van der Waals surface area (Å²) in [7, 11) is 2.49. The monoisotopic (exact) mass is 509 g/mol. The second kappa shape index (κ2) is 10.7. The van der Waals surface area contributed by atoms with Crippen LogP contribution >= 0.6 is 0 Å². The molecule has 2 aliphatic carbocycles. The van der Waals surface area contributed by atoms with Gasteiger partial charge >= 0.3 is 17.9 Å². The van der Waals surface area contributed by atoms with Crippen LogP contribution in [0.25, 0.3) is 5.69 Å². The number of esters is 3. The van der Waals surface area contributed by atoms with Gasteiger partial charge in [0.1, 0.15) is 5.78 Å². The van der Waals surface area contributed by atoms with E-state index in [1.807, 2.05) is 0 Å². The van der Waals surface area contributed by atoms with E-state index in [0.717, 1.165) is 19.3 Å². The first-order valence-corrected chi connectivity index (χ1v) is 12.4. The van der Waals surface area contributed by atoms with Gasteiger partial charge in [-0.1, -0.05) is 6.42 Å². The number of methoxy groups -OCH3 is 2. The first-order valence-electron chi connectivity index (χ1n) is 12.4. The van der Waals surface area contributed by atoms with Gasteiger partial charge in [-0.25, -0.2) is 9.59 Å². The molecule has 9 nitrogen and oxygen atoms in total. The average molecular weight is 510 g/mol. The summed E-state index contributed by atoms with van der Waals surface area (Å²) in [5, 5.41) is 0. The van der Waals surface area contributed by atoms with E-state index in [9.17, 15) is 24.0 Å². The smallest absolute Gasteiger partial charge is 0.337 e. The number of aryl methyl sites for hydroxylation is 1. The molecule has 0 N–H and O–H groups in total. The highest BCUT2D eigenvalue weighted by Crippen LogP contribution is 2.40. The molecule has 1 heterocycles. The molecule has 2 aliphatic rings. The standard InChI is InChI=1S/C28H31NO8/c1-15-8-23(24(30)14-37-28(34)19-9-17-6-5-7-18(10-19)25(17)31)16(2)29(15)22-12-20(26(32)35-3)11-21(13-22)27(33)36-4/h8,11-13,17-19H,5-7,9-10,14H2,1-4H3/t17-,18+,19?. The maximum absolute atomic E-state index is 13.0. The van der Waals surface area contributed by atoms with Crippen LogP contribution in [0.5, 0.6) is 0 Å². The Hall–Kier alpha value is -3.75. The van der Waals surface area contributed by atoms with Crippen molar-refractivity contribution in [1.82, 2.24) is 4.57 Å². The molecule has 2 bridgehead atoms. The molecule has 9 heteroatoms. The van der Waals surface area contributed by atoms with E-state index in [-0.39, 0.29) is 40.4 Å². The fourth-order valence-corrected chi connectivity index (χ4v) is 5.66. The van der Waals surface area contributed by atoms with Crippen molar-refractivity contribution in [3.05, 3.63) is 52.3 Å². The van der Waals surface area contributed by atoms with Crippen LogP contribution in [0.4, 0.5) is 0 Å². The number of Topliss-reactive ketones (excluding diaryl/α,β-unsaturated/α-hetero) is 2. The van der Waals surface area contributed by atoms with Gasteiger partial charge in [-0.15, -0.1) is 0 Å². The topological polar surface area (TPSA) is 118 Å². The van der Waals surface area contributed by atoms with E-state index in [2.05, 4.69) is 0 Å². The molecule has 2 fully saturated rings. The number of fused-ring (bicyclic) bond motifs is 2. The number of aromatic nitrogens is 1. The van der Waals surface area contributed by atoms with Gasteiger partial charge in [-0.2, -0.15) is 0 Å². The zero-order valence-electron chi connectivity index (χ0n) is 21.5. The SMILES string of the molecule is COC(=O)c1cc(C(=O)OC)cc(-n2c(C)cc(C(=O)COC(=O)C3C[C@H]4CCC[C@@H](C3)C4=O)c2C)c1. The van der Waals surface area contributed by atoms with Crippen molar-refractivity contribution in [2.45, 2.75) is 46.0 Å². The van der Waals surface area contributed by atoms with Crippen LogP contribution in [0.1, 0.15) is 74.6 Å². The van der Waals surface area contributed by atoms with Gasteiger partial charge in [-0.3, -0.25) is 14.4 Å². The Morgan fingerprint density at radius 2 is 1.46 bits per heavy atom. The largest absolute Gasteiger partial charge is 0.465 e. The number of ether oxygens (including phenoxy) is 3. The second-order valence-corrected chi connectivity index (χ2v) is 9.80. The number of carbonyl (C=O) groups excluding carboxylic acids is 5. The number of benzene rings is 1. The van der Waals surface area contributed by atoms with Gasteiger partial charge in [0.2, 0.25) is 5.78 Å². The highest BCUT2D eigenvalue weighted by Gasteiger charge is 2.42. The Labute approximate surface area is 215 Å². The molecular weight excluding hydrogens is 478 g/mol. The van der Waals surface area contributed by atoms with E-state index in [0.29, 0.717) is 35.5 Å². The third kappa shape index (κ3) is 5.21. The Kier molecular flexibility index (Phi) is 7.61. The summed E-state index contributed by atoms with van der Waals surface area (Å²) in [6.45, 7) is 3.12. The van der Waals surface area contributed by atoms with Crippen LogP contribution < -0.4 is 0 Å².